The molecule has 118 valence electrons. The highest BCUT2D eigenvalue weighted by Crippen LogP contribution is 2.21. The van der Waals surface area contributed by atoms with E-state index >= 15 is 0 Å². The highest BCUT2D eigenvalue weighted by atomic mass is 32.2. The van der Waals surface area contributed by atoms with Crippen LogP contribution in [0.15, 0.2) is 18.3 Å². The van der Waals surface area contributed by atoms with E-state index in [0.717, 1.165) is 23.7 Å². The van der Waals surface area contributed by atoms with Crippen LogP contribution in [0.5, 0.6) is 0 Å². The zero-order valence-corrected chi connectivity index (χ0v) is 14.2. The molecule has 0 atom stereocenters. The molecular formula is C16H26N2O2S. The summed E-state index contributed by atoms with van der Waals surface area (Å²) in [7, 11) is 0. The van der Waals surface area contributed by atoms with Crippen LogP contribution in [0.25, 0.3) is 0 Å². The molecule has 1 aromatic heterocycles. The number of hydrogen-bond donors (Lipinski definition) is 1. The largest absolute Gasteiger partial charge is 0.480 e. The summed E-state index contributed by atoms with van der Waals surface area (Å²) in [4.78, 5) is 17.4. The number of carboxylic acid groups (broad SMARTS) is 1. The van der Waals surface area contributed by atoms with Crippen molar-refractivity contribution < 1.29 is 9.90 Å². The zero-order valence-electron chi connectivity index (χ0n) is 13.4. The number of hydrogen-bond acceptors (Lipinski definition) is 4. The van der Waals surface area contributed by atoms with Crippen molar-refractivity contribution in [3.63, 3.8) is 0 Å². The Morgan fingerprint density at radius 1 is 1.38 bits per heavy atom. The van der Waals surface area contributed by atoms with Crippen molar-refractivity contribution in [1.82, 2.24) is 9.88 Å². The molecule has 0 fully saturated rings. The van der Waals surface area contributed by atoms with Crippen LogP contribution >= 0.6 is 11.8 Å². The third-order valence-electron chi connectivity index (χ3n) is 3.19. The van der Waals surface area contributed by atoms with Gasteiger partial charge >= 0.3 is 5.97 Å². The van der Waals surface area contributed by atoms with Gasteiger partial charge in [0.1, 0.15) is 0 Å². The summed E-state index contributed by atoms with van der Waals surface area (Å²) in [5.74, 6) is 1.21. The number of carbonyl (C=O) groups is 1. The highest BCUT2D eigenvalue weighted by Gasteiger charge is 2.15. The van der Waals surface area contributed by atoms with Crippen molar-refractivity contribution >= 4 is 17.7 Å². The third kappa shape index (κ3) is 6.96. The molecule has 4 nitrogen and oxygen atoms in total. The van der Waals surface area contributed by atoms with Gasteiger partial charge in [-0.1, -0.05) is 33.8 Å². The smallest absolute Gasteiger partial charge is 0.317 e. The number of aromatic nitrogens is 1. The normalized spacial score (nSPS) is 11.9. The van der Waals surface area contributed by atoms with Gasteiger partial charge in [0.15, 0.2) is 0 Å². The maximum Gasteiger partial charge on any atom is 0.317 e. The van der Waals surface area contributed by atoms with Crippen LogP contribution in [0.4, 0.5) is 0 Å². The van der Waals surface area contributed by atoms with Crippen LogP contribution in [-0.4, -0.2) is 45.6 Å². The average molecular weight is 310 g/mol. The number of carboxylic acids is 1. The molecule has 0 spiro atoms. The summed E-state index contributed by atoms with van der Waals surface area (Å²) >= 11 is 1.82. The predicted octanol–water partition coefficient (Wildman–Crippen LogP) is 3.02. The Morgan fingerprint density at radius 2 is 2.10 bits per heavy atom. The fraction of sp³-hybridized carbons (Fsp3) is 0.625. The maximum atomic E-state index is 10.9. The van der Waals surface area contributed by atoms with Gasteiger partial charge in [-0.2, -0.15) is 11.8 Å². The molecule has 0 aromatic carbocycles. The first kappa shape index (κ1) is 18.0. The van der Waals surface area contributed by atoms with E-state index in [0.29, 0.717) is 6.54 Å². The van der Waals surface area contributed by atoms with Gasteiger partial charge in [0, 0.05) is 25.0 Å². The van der Waals surface area contributed by atoms with Gasteiger partial charge in [0.05, 0.1) is 12.2 Å². The zero-order chi connectivity index (χ0) is 15.9. The molecule has 5 heteroatoms. The number of pyridine rings is 1. The fourth-order valence-corrected chi connectivity index (χ4v) is 2.61. The Morgan fingerprint density at radius 3 is 2.57 bits per heavy atom. The van der Waals surface area contributed by atoms with E-state index < -0.39 is 5.97 Å². The van der Waals surface area contributed by atoms with E-state index in [1.807, 2.05) is 28.9 Å². The molecule has 1 rings (SSSR count). The van der Waals surface area contributed by atoms with Crippen molar-refractivity contribution in [1.29, 1.82) is 0 Å². The minimum absolute atomic E-state index is 0.0625. The lowest BCUT2D eigenvalue weighted by Gasteiger charge is -2.21. The summed E-state index contributed by atoms with van der Waals surface area (Å²) in [6, 6.07) is 4.09. The first-order chi connectivity index (χ1) is 9.82. The first-order valence-electron chi connectivity index (χ1n) is 7.30. The molecule has 0 aliphatic rings. The second-order valence-electron chi connectivity index (χ2n) is 6.09. The van der Waals surface area contributed by atoms with Crippen LogP contribution in [-0.2, 0) is 16.8 Å². The maximum absolute atomic E-state index is 10.9. The highest BCUT2D eigenvalue weighted by molar-refractivity contribution is 7.99. The van der Waals surface area contributed by atoms with Gasteiger partial charge in [-0.25, -0.2) is 0 Å². The molecule has 1 aromatic rings. The lowest BCUT2D eigenvalue weighted by molar-refractivity contribution is -0.138. The number of thioether (sulfide) groups is 1. The topological polar surface area (TPSA) is 53.4 Å². The van der Waals surface area contributed by atoms with Gasteiger partial charge in [-0.05, 0) is 22.8 Å². The lowest BCUT2D eigenvalue weighted by Crippen LogP contribution is -2.31. The van der Waals surface area contributed by atoms with E-state index in [2.05, 4.69) is 38.7 Å². The molecule has 0 saturated heterocycles. The SMILES string of the molecule is CCSCCN(CC(=O)O)Cc1ccc(C(C)(C)C)cn1. The predicted molar refractivity (Wildman–Crippen MR) is 88.8 cm³/mol. The summed E-state index contributed by atoms with van der Waals surface area (Å²) < 4.78 is 0. The third-order valence-corrected chi connectivity index (χ3v) is 4.07. The van der Waals surface area contributed by atoms with Crippen molar-refractivity contribution in [3.8, 4) is 0 Å². The Bertz CT molecular complexity index is 441. The van der Waals surface area contributed by atoms with Crippen molar-refractivity contribution in [2.24, 2.45) is 0 Å². The Kier molecular flexibility index (Phi) is 7.18. The molecule has 0 aliphatic heterocycles. The van der Waals surface area contributed by atoms with Crippen LogP contribution in [0.2, 0.25) is 0 Å². The van der Waals surface area contributed by atoms with Gasteiger partial charge in [0.25, 0.3) is 0 Å². The van der Waals surface area contributed by atoms with Crippen LogP contribution in [0.3, 0.4) is 0 Å². The molecule has 0 saturated carbocycles. The van der Waals surface area contributed by atoms with Gasteiger partial charge in [-0.15, -0.1) is 0 Å². The van der Waals surface area contributed by atoms with E-state index in [1.165, 1.54) is 5.56 Å². The summed E-state index contributed by atoms with van der Waals surface area (Å²) in [5.41, 5.74) is 2.20. The summed E-state index contributed by atoms with van der Waals surface area (Å²) in [6.07, 6.45) is 1.90. The molecule has 1 N–H and O–H groups in total. The lowest BCUT2D eigenvalue weighted by atomic mass is 9.88. The molecule has 0 amide bonds. The molecule has 0 radical (unpaired) electrons. The molecular weight excluding hydrogens is 284 g/mol. The molecule has 1 heterocycles. The van der Waals surface area contributed by atoms with Gasteiger partial charge in [0.2, 0.25) is 0 Å². The molecule has 21 heavy (non-hydrogen) atoms. The van der Waals surface area contributed by atoms with E-state index in [1.54, 1.807) is 0 Å². The fourth-order valence-electron chi connectivity index (χ4n) is 1.93. The van der Waals surface area contributed by atoms with Gasteiger partial charge < -0.3 is 5.11 Å². The van der Waals surface area contributed by atoms with Crippen molar-refractivity contribution in [2.75, 3.05) is 24.6 Å². The Balaban J connectivity index is 2.66. The first-order valence-corrected chi connectivity index (χ1v) is 8.45. The second-order valence-corrected chi connectivity index (χ2v) is 7.48. The van der Waals surface area contributed by atoms with E-state index in [4.69, 9.17) is 5.11 Å². The van der Waals surface area contributed by atoms with Crippen LogP contribution in [0, 0.1) is 0 Å². The quantitative estimate of drug-likeness (QED) is 0.748. The average Bonchev–Trinajstić information content (AvgIpc) is 2.37. The van der Waals surface area contributed by atoms with Crippen molar-refractivity contribution in [3.05, 3.63) is 29.6 Å². The van der Waals surface area contributed by atoms with Crippen LogP contribution in [0.1, 0.15) is 39.0 Å². The minimum Gasteiger partial charge on any atom is -0.480 e. The van der Waals surface area contributed by atoms with E-state index in [9.17, 15) is 4.79 Å². The van der Waals surface area contributed by atoms with Crippen molar-refractivity contribution in [2.45, 2.75) is 39.7 Å². The number of nitrogens with zero attached hydrogens (tertiary/aromatic N) is 2. The van der Waals surface area contributed by atoms with E-state index in [-0.39, 0.29) is 12.0 Å². The van der Waals surface area contributed by atoms with Crippen LogP contribution < -0.4 is 0 Å². The summed E-state index contributed by atoms with van der Waals surface area (Å²) in [5, 5.41) is 9.00. The molecule has 0 aliphatic carbocycles. The monoisotopic (exact) mass is 310 g/mol. The number of rotatable bonds is 8. The standard InChI is InChI=1S/C16H26N2O2S/c1-5-21-9-8-18(12-15(19)20)11-14-7-6-13(10-17-14)16(2,3)4/h6-7,10H,5,8-9,11-12H2,1-4H3,(H,19,20). The summed E-state index contributed by atoms with van der Waals surface area (Å²) in [6.45, 7) is 9.99. The van der Waals surface area contributed by atoms with Gasteiger partial charge in [-0.3, -0.25) is 14.7 Å². The number of aliphatic carboxylic acids is 1. The Labute approximate surface area is 132 Å². The second kappa shape index (κ2) is 8.39. The Hall–Kier alpha value is -1.07. The molecule has 0 bridgehead atoms. The minimum atomic E-state index is -0.789. The molecule has 0 unspecified atom stereocenters.